The summed E-state index contributed by atoms with van der Waals surface area (Å²) in [6.45, 7) is 3.60. The molecule has 1 heterocycles. The van der Waals surface area contributed by atoms with Gasteiger partial charge in [0.1, 0.15) is 0 Å². The third-order valence-corrected chi connectivity index (χ3v) is 3.81. The largest absolute Gasteiger partial charge is 0.385 e. The lowest BCUT2D eigenvalue weighted by molar-refractivity contribution is 0.217. The van der Waals surface area contributed by atoms with Crippen LogP contribution in [0.15, 0.2) is 24.3 Å². The van der Waals surface area contributed by atoms with Crippen molar-refractivity contribution in [1.29, 1.82) is 0 Å². The fraction of sp³-hybridized carbons (Fsp3) is 0.538. The molecule has 0 radical (unpaired) electrons. The summed E-state index contributed by atoms with van der Waals surface area (Å²) >= 11 is 2.35. The molecule has 0 bridgehead atoms. The van der Waals surface area contributed by atoms with Gasteiger partial charge in [-0.15, -0.1) is 0 Å². The van der Waals surface area contributed by atoms with E-state index in [-0.39, 0.29) is 0 Å². The average Bonchev–Trinajstić information content (AvgIpc) is 2.27. The van der Waals surface area contributed by atoms with E-state index in [0.29, 0.717) is 0 Å². The van der Waals surface area contributed by atoms with E-state index in [1.54, 1.807) is 0 Å². The Morgan fingerprint density at radius 2 is 2.38 bits per heavy atom. The second-order valence-electron chi connectivity index (χ2n) is 4.66. The van der Waals surface area contributed by atoms with E-state index >= 15 is 0 Å². The number of nitrogens with one attached hydrogen (secondary N) is 1. The van der Waals surface area contributed by atoms with Gasteiger partial charge in [-0.2, -0.15) is 0 Å². The minimum atomic E-state index is 0.802. The van der Waals surface area contributed by atoms with E-state index in [1.165, 1.54) is 35.2 Å². The maximum atomic E-state index is 3.54. The minimum absolute atomic E-state index is 0.802. The molecule has 1 aromatic rings. The topological polar surface area (TPSA) is 15.3 Å². The predicted octanol–water partition coefficient (Wildman–Crippen LogP) is 3.04. The molecule has 0 amide bonds. The zero-order valence-corrected chi connectivity index (χ0v) is 11.9. The third kappa shape index (κ3) is 3.63. The van der Waals surface area contributed by atoms with Gasteiger partial charge in [-0.25, -0.2) is 0 Å². The highest BCUT2D eigenvalue weighted by Crippen LogP contribution is 2.17. The van der Waals surface area contributed by atoms with Gasteiger partial charge in [0.05, 0.1) is 0 Å². The second-order valence-corrected chi connectivity index (χ2v) is 5.91. The zero-order valence-electron chi connectivity index (χ0n) is 9.75. The van der Waals surface area contributed by atoms with Crippen LogP contribution in [0.2, 0.25) is 0 Å². The van der Waals surface area contributed by atoms with E-state index in [2.05, 4.69) is 64.1 Å². The molecule has 1 unspecified atom stereocenters. The molecule has 2 rings (SSSR count). The molecule has 3 heteroatoms. The lowest BCUT2D eigenvalue weighted by atomic mass is 9.98. The molecule has 0 aromatic heterocycles. The van der Waals surface area contributed by atoms with Crippen molar-refractivity contribution in [2.24, 2.45) is 5.92 Å². The quantitative estimate of drug-likeness (QED) is 0.857. The van der Waals surface area contributed by atoms with E-state index in [1.807, 2.05) is 0 Å². The van der Waals surface area contributed by atoms with Crippen LogP contribution in [0.1, 0.15) is 12.8 Å². The molecule has 16 heavy (non-hydrogen) atoms. The number of piperidine rings is 1. The molecule has 1 aliphatic rings. The Kier molecular flexibility index (Phi) is 4.46. The van der Waals surface area contributed by atoms with E-state index in [4.69, 9.17) is 0 Å². The van der Waals surface area contributed by atoms with Gasteiger partial charge in [0, 0.05) is 22.3 Å². The summed E-state index contributed by atoms with van der Waals surface area (Å²) in [6, 6.07) is 8.58. The van der Waals surface area contributed by atoms with Crippen LogP contribution in [0, 0.1) is 9.49 Å². The highest BCUT2D eigenvalue weighted by molar-refractivity contribution is 14.1. The molecule has 1 fully saturated rings. The van der Waals surface area contributed by atoms with Gasteiger partial charge in [-0.3, -0.25) is 0 Å². The monoisotopic (exact) mass is 330 g/mol. The first-order valence-electron chi connectivity index (χ1n) is 5.92. The standard InChI is InChI=1S/C13H19IN2/c1-16-7-3-4-11(10-16)9-15-13-6-2-5-12(14)8-13/h2,5-6,8,11,15H,3-4,7,9-10H2,1H3. The third-order valence-electron chi connectivity index (χ3n) is 3.14. The second kappa shape index (κ2) is 5.87. The smallest absolute Gasteiger partial charge is 0.0350 e. The summed E-state index contributed by atoms with van der Waals surface area (Å²) in [4.78, 5) is 2.44. The van der Waals surface area contributed by atoms with Gasteiger partial charge in [0.2, 0.25) is 0 Å². The Labute approximate surface area is 112 Å². The van der Waals surface area contributed by atoms with Crippen molar-refractivity contribution in [1.82, 2.24) is 4.90 Å². The Bertz CT molecular complexity index is 340. The van der Waals surface area contributed by atoms with Gasteiger partial charge in [-0.05, 0) is 73.1 Å². The molecular weight excluding hydrogens is 311 g/mol. The van der Waals surface area contributed by atoms with Crippen molar-refractivity contribution in [2.45, 2.75) is 12.8 Å². The van der Waals surface area contributed by atoms with Crippen molar-refractivity contribution in [3.63, 3.8) is 0 Å². The first kappa shape index (κ1) is 12.2. The van der Waals surface area contributed by atoms with Crippen LogP contribution in [0.5, 0.6) is 0 Å². The summed E-state index contributed by atoms with van der Waals surface area (Å²) in [7, 11) is 2.22. The number of anilines is 1. The first-order chi connectivity index (χ1) is 7.74. The Hall–Kier alpha value is -0.290. The predicted molar refractivity (Wildman–Crippen MR) is 77.9 cm³/mol. The fourth-order valence-corrected chi connectivity index (χ4v) is 2.84. The highest BCUT2D eigenvalue weighted by atomic mass is 127. The molecule has 0 spiro atoms. The van der Waals surface area contributed by atoms with Crippen LogP contribution in [-0.4, -0.2) is 31.6 Å². The lowest BCUT2D eigenvalue weighted by Crippen LogP contribution is -2.35. The van der Waals surface area contributed by atoms with Crippen molar-refractivity contribution >= 4 is 28.3 Å². The fourth-order valence-electron chi connectivity index (χ4n) is 2.30. The summed E-state index contributed by atoms with van der Waals surface area (Å²) in [5, 5.41) is 3.54. The number of hydrogen-bond acceptors (Lipinski definition) is 2. The maximum absolute atomic E-state index is 3.54. The number of halogens is 1. The van der Waals surface area contributed by atoms with Crippen LogP contribution in [0.25, 0.3) is 0 Å². The van der Waals surface area contributed by atoms with Crippen molar-refractivity contribution in [3.05, 3.63) is 27.8 Å². The summed E-state index contributed by atoms with van der Waals surface area (Å²) in [5.74, 6) is 0.802. The minimum Gasteiger partial charge on any atom is -0.385 e. The summed E-state index contributed by atoms with van der Waals surface area (Å²) in [5.41, 5.74) is 1.25. The van der Waals surface area contributed by atoms with Gasteiger partial charge in [0.25, 0.3) is 0 Å². The molecule has 88 valence electrons. The van der Waals surface area contributed by atoms with Crippen molar-refractivity contribution < 1.29 is 0 Å². The summed E-state index contributed by atoms with van der Waals surface area (Å²) in [6.07, 6.45) is 2.70. The molecule has 0 saturated carbocycles. The highest BCUT2D eigenvalue weighted by Gasteiger charge is 2.16. The number of benzene rings is 1. The van der Waals surface area contributed by atoms with Crippen LogP contribution >= 0.6 is 22.6 Å². The van der Waals surface area contributed by atoms with E-state index in [0.717, 1.165) is 12.5 Å². The SMILES string of the molecule is CN1CCCC(CNc2cccc(I)c2)C1. The van der Waals surface area contributed by atoms with Crippen LogP contribution in [-0.2, 0) is 0 Å². The number of hydrogen-bond donors (Lipinski definition) is 1. The molecular formula is C13H19IN2. The molecule has 1 aliphatic heterocycles. The number of rotatable bonds is 3. The molecule has 2 nitrogen and oxygen atoms in total. The van der Waals surface area contributed by atoms with Crippen LogP contribution < -0.4 is 5.32 Å². The molecule has 1 aromatic carbocycles. The average molecular weight is 330 g/mol. The zero-order chi connectivity index (χ0) is 11.4. The van der Waals surface area contributed by atoms with Gasteiger partial charge >= 0.3 is 0 Å². The van der Waals surface area contributed by atoms with Crippen LogP contribution in [0.3, 0.4) is 0 Å². The normalized spacial score (nSPS) is 22.0. The molecule has 1 N–H and O–H groups in total. The molecule has 1 saturated heterocycles. The Morgan fingerprint density at radius 1 is 1.50 bits per heavy atom. The van der Waals surface area contributed by atoms with Crippen molar-refractivity contribution in [2.75, 3.05) is 32.0 Å². The molecule has 1 atom stereocenters. The molecule has 0 aliphatic carbocycles. The lowest BCUT2D eigenvalue weighted by Gasteiger charge is -2.29. The Balaban J connectivity index is 1.82. The summed E-state index contributed by atoms with van der Waals surface area (Å²) < 4.78 is 1.29. The first-order valence-corrected chi connectivity index (χ1v) is 7.00. The number of nitrogens with zero attached hydrogens (tertiary/aromatic N) is 1. The number of likely N-dealkylation sites (tertiary alicyclic amines) is 1. The van der Waals surface area contributed by atoms with E-state index < -0.39 is 0 Å². The van der Waals surface area contributed by atoms with Crippen LogP contribution in [0.4, 0.5) is 5.69 Å². The van der Waals surface area contributed by atoms with Gasteiger partial charge in [0.15, 0.2) is 0 Å². The van der Waals surface area contributed by atoms with Gasteiger partial charge in [-0.1, -0.05) is 6.07 Å². The maximum Gasteiger partial charge on any atom is 0.0350 e. The van der Waals surface area contributed by atoms with Crippen molar-refractivity contribution in [3.8, 4) is 0 Å². The Morgan fingerprint density at radius 3 is 3.12 bits per heavy atom. The van der Waals surface area contributed by atoms with Gasteiger partial charge < -0.3 is 10.2 Å². The van der Waals surface area contributed by atoms with E-state index in [9.17, 15) is 0 Å².